The van der Waals surface area contributed by atoms with Crippen LogP contribution in [0.4, 0.5) is 11.4 Å². The van der Waals surface area contributed by atoms with E-state index in [-0.39, 0.29) is 0 Å². The summed E-state index contributed by atoms with van der Waals surface area (Å²) >= 11 is 0. The lowest BCUT2D eigenvalue weighted by atomic mass is 10.0. The van der Waals surface area contributed by atoms with Crippen molar-refractivity contribution >= 4 is 76.8 Å². The Hall–Kier alpha value is -7.86. The van der Waals surface area contributed by atoms with E-state index in [1.165, 1.54) is 32.6 Å². The number of hydrogen-bond donors (Lipinski definition) is 0. The first kappa shape index (κ1) is 30.7. The summed E-state index contributed by atoms with van der Waals surface area (Å²) in [4.78, 5) is 7.66. The van der Waals surface area contributed by atoms with Gasteiger partial charge < -0.3 is 13.7 Å². The molecule has 5 nitrogen and oxygen atoms in total. The summed E-state index contributed by atoms with van der Waals surface area (Å²) in [6.07, 6.45) is 0. The van der Waals surface area contributed by atoms with Crippen molar-refractivity contribution in [1.29, 1.82) is 0 Å². The van der Waals surface area contributed by atoms with E-state index in [4.69, 9.17) is 13.1 Å². The number of rotatable bonds is 4. The zero-order chi connectivity index (χ0) is 36.6. The highest BCUT2D eigenvalue weighted by Gasteiger charge is 2.20. The van der Waals surface area contributed by atoms with Crippen molar-refractivity contribution in [3.05, 3.63) is 199 Å². The van der Waals surface area contributed by atoms with Crippen molar-refractivity contribution in [2.45, 2.75) is 0 Å². The van der Waals surface area contributed by atoms with Gasteiger partial charge in [0.25, 0.3) is 0 Å². The fourth-order valence-electron chi connectivity index (χ4n) is 8.74. The molecule has 55 heavy (non-hydrogen) atoms. The molecule has 0 saturated heterocycles. The average Bonchev–Trinajstić information content (AvgIpc) is 3.89. The summed E-state index contributed by atoms with van der Waals surface area (Å²) in [6, 6.07) is 61.4. The lowest BCUT2D eigenvalue weighted by Gasteiger charge is -2.14. The van der Waals surface area contributed by atoms with E-state index in [0.29, 0.717) is 11.4 Å². The van der Waals surface area contributed by atoms with E-state index in [1.807, 2.05) is 30.3 Å². The predicted molar refractivity (Wildman–Crippen MR) is 227 cm³/mol. The molecular formula is C50H29N5. The Morgan fingerprint density at radius 3 is 1.55 bits per heavy atom. The molecule has 0 atom stereocenters. The molecule has 0 saturated carbocycles. The third kappa shape index (κ3) is 4.45. The molecule has 0 spiro atoms. The zero-order valence-corrected chi connectivity index (χ0v) is 29.5. The van der Waals surface area contributed by atoms with Crippen LogP contribution in [0.1, 0.15) is 0 Å². The minimum Gasteiger partial charge on any atom is -0.309 e. The van der Waals surface area contributed by atoms with Gasteiger partial charge in [-0.05, 0) is 89.3 Å². The van der Waals surface area contributed by atoms with Gasteiger partial charge in [-0.2, -0.15) is 0 Å². The van der Waals surface area contributed by atoms with Crippen LogP contribution in [0.2, 0.25) is 0 Å². The highest BCUT2D eigenvalue weighted by Crippen LogP contribution is 2.42. The van der Waals surface area contributed by atoms with Gasteiger partial charge in [-0.25, -0.2) is 9.69 Å². The number of aromatic nitrogens is 3. The first-order valence-electron chi connectivity index (χ1n) is 18.3. The van der Waals surface area contributed by atoms with E-state index in [9.17, 15) is 0 Å². The Morgan fingerprint density at radius 1 is 0.364 bits per heavy atom. The Kier molecular flexibility index (Phi) is 6.61. The maximum absolute atomic E-state index is 8.14. The van der Waals surface area contributed by atoms with Crippen molar-refractivity contribution in [1.82, 2.24) is 13.7 Å². The molecule has 0 unspecified atom stereocenters. The molecule has 0 amide bonds. The van der Waals surface area contributed by atoms with Crippen LogP contribution >= 0.6 is 0 Å². The second-order valence-corrected chi connectivity index (χ2v) is 13.9. The number of para-hydroxylation sites is 4. The van der Waals surface area contributed by atoms with Crippen LogP contribution in [-0.4, -0.2) is 13.7 Å². The van der Waals surface area contributed by atoms with Crippen LogP contribution in [-0.2, 0) is 0 Å². The molecule has 11 aromatic rings. The molecule has 11 rings (SSSR count). The fourth-order valence-corrected chi connectivity index (χ4v) is 8.74. The van der Waals surface area contributed by atoms with Gasteiger partial charge in [-0.3, -0.25) is 0 Å². The van der Waals surface area contributed by atoms with Crippen molar-refractivity contribution < 1.29 is 0 Å². The van der Waals surface area contributed by atoms with E-state index in [1.54, 1.807) is 0 Å². The van der Waals surface area contributed by atoms with Gasteiger partial charge in [0.2, 0.25) is 0 Å². The van der Waals surface area contributed by atoms with Gasteiger partial charge in [0.1, 0.15) is 0 Å². The second kappa shape index (κ2) is 11.8. The molecule has 0 bridgehead atoms. The monoisotopic (exact) mass is 699 g/mol. The molecule has 0 aliphatic rings. The summed E-state index contributed by atoms with van der Waals surface area (Å²) in [6.45, 7) is 15.7. The molecule has 3 heterocycles. The van der Waals surface area contributed by atoms with Crippen molar-refractivity contribution in [3.63, 3.8) is 0 Å². The van der Waals surface area contributed by atoms with Crippen LogP contribution in [0.15, 0.2) is 176 Å². The van der Waals surface area contributed by atoms with E-state index in [2.05, 4.69) is 169 Å². The lowest BCUT2D eigenvalue weighted by Crippen LogP contribution is -1.97. The molecule has 0 fully saturated rings. The first-order valence-corrected chi connectivity index (χ1v) is 18.3. The number of nitrogens with zero attached hydrogens (tertiary/aromatic N) is 5. The zero-order valence-electron chi connectivity index (χ0n) is 29.5. The fraction of sp³-hybridized carbons (Fsp3) is 0. The van der Waals surface area contributed by atoms with Crippen molar-refractivity contribution in [2.75, 3.05) is 0 Å². The molecule has 5 heteroatoms. The highest BCUT2D eigenvalue weighted by molar-refractivity contribution is 6.16. The highest BCUT2D eigenvalue weighted by atomic mass is 15.0. The summed E-state index contributed by atoms with van der Waals surface area (Å²) in [5, 5.41) is 6.99. The van der Waals surface area contributed by atoms with Gasteiger partial charge in [0.15, 0.2) is 11.4 Å². The number of hydrogen-bond acceptors (Lipinski definition) is 0. The van der Waals surface area contributed by atoms with Crippen LogP contribution in [0.25, 0.3) is 103 Å². The summed E-state index contributed by atoms with van der Waals surface area (Å²) in [5.41, 5.74) is 12.9. The van der Waals surface area contributed by atoms with E-state index in [0.717, 1.165) is 61.0 Å². The van der Waals surface area contributed by atoms with Crippen LogP contribution in [0, 0.1) is 13.1 Å². The summed E-state index contributed by atoms with van der Waals surface area (Å²) < 4.78 is 6.99. The van der Waals surface area contributed by atoms with Crippen LogP contribution in [0.5, 0.6) is 0 Å². The standard InChI is InChI=1S/C50H29N5/c1-51-33-24-29-47-41(30-33)38-14-5-7-16-43(38)53(47)34-25-22-32(23-26-34)40-31-35(27-28-42(40)52-2)54-46-19-10-6-15-39(46)50-48(54)20-11-21-49(50)55-44-17-8-3-12-36(44)37-13-4-9-18-45(37)55/h3-31H. The average molecular weight is 700 g/mol. The smallest absolute Gasteiger partial charge is 0.195 e. The molecule has 0 aliphatic heterocycles. The van der Waals surface area contributed by atoms with Gasteiger partial charge >= 0.3 is 0 Å². The van der Waals surface area contributed by atoms with E-state index < -0.39 is 0 Å². The second-order valence-electron chi connectivity index (χ2n) is 13.9. The maximum Gasteiger partial charge on any atom is 0.195 e. The Balaban J connectivity index is 1.09. The Bertz CT molecular complexity index is 3400. The van der Waals surface area contributed by atoms with E-state index >= 15 is 0 Å². The molecule has 254 valence electrons. The topological polar surface area (TPSA) is 23.5 Å². The van der Waals surface area contributed by atoms with Crippen LogP contribution < -0.4 is 0 Å². The number of fused-ring (bicyclic) bond motifs is 9. The largest absolute Gasteiger partial charge is 0.309 e. The predicted octanol–water partition coefficient (Wildman–Crippen LogP) is 13.7. The minimum atomic E-state index is 0.603. The molecular weight excluding hydrogens is 671 g/mol. The SMILES string of the molecule is [C-]#[N+]c1ccc2c(c1)c1ccccc1n2-c1ccc(-c2cc(-n3c4ccccc4c4c(-n5c6ccccc6c6ccccc65)cccc43)ccc2[N+]#[C-])cc1. The third-order valence-electron chi connectivity index (χ3n) is 11.1. The maximum atomic E-state index is 8.14. The normalized spacial score (nSPS) is 11.6. The van der Waals surface area contributed by atoms with Crippen molar-refractivity contribution in [3.8, 4) is 28.2 Å². The molecule has 3 aromatic heterocycles. The molecule has 0 N–H and O–H groups in total. The summed E-state index contributed by atoms with van der Waals surface area (Å²) in [5.74, 6) is 0. The Labute approximate surface area is 316 Å². The molecule has 8 aromatic carbocycles. The van der Waals surface area contributed by atoms with Crippen LogP contribution in [0.3, 0.4) is 0 Å². The molecule has 0 aliphatic carbocycles. The minimum absolute atomic E-state index is 0.603. The third-order valence-corrected chi connectivity index (χ3v) is 11.1. The van der Waals surface area contributed by atoms with Gasteiger partial charge in [0, 0.05) is 38.3 Å². The van der Waals surface area contributed by atoms with Gasteiger partial charge in [-0.15, -0.1) is 0 Å². The lowest BCUT2D eigenvalue weighted by molar-refractivity contribution is 1.17. The summed E-state index contributed by atoms with van der Waals surface area (Å²) in [7, 11) is 0. The van der Waals surface area contributed by atoms with Gasteiger partial charge in [-0.1, -0.05) is 103 Å². The van der Waals surface area contributed by atoms with Gasteiger partial charge in [0.05, 0.1) is 51.9 Å². The van der Waals surface area contributed by atoms with Crippen molar-refractivity contribution in [2.24, 2.45) is 0 Å². The Morgan fingerprint density at radius 2 is 0.891 bits per heavy atom. The first-order chi connectivity index (χ1) is 27.2. The quantitative estimate of drug-likeness (QED) is 0.163. The number of benzene rings is 8. The molecule has 0 radical (unpaired) electrons.